The number of amides is 1. The standard InChI is InChI=1S/C18H20F2N2O2/c1-3-22(4-2)15-9-7-14(8-10-15)21-17(23)13-5-11-16(12-6-13)24-18(19)20/h5-12,18H,3-4H2,1-2H3,(H,21,23). The van der Waals surface area contributed by atoms with E-state index in [4.69, 9.17) is 0 Å². The van der Waals surface area contributed by atoms with Crippen LogP contribution in [0, 0.1) is 0 Å². The third-order valence-corrected chi connectivity index (χ3v) is 3.60. The van der Waals surface area contributed by atoms with E-state index >= 15 is 0 Å². The van der Waals surface area contributed by atoms with Gasteiger partial charge in [0.1, 0.15) is 5.75 Å². The van der Waals surface area contributed by atoms with E-state index < -0.39 is 6.61 Å². The van der Waals surface area contributed by atoms with E-state index in [0.29, 0.717) is 11.3 Å². The van der Waals surface area contributed by atoms with E-state index in [1.54, 1.807) is 0 Å². The Balaban J connectivity index is 2.01. The molecule has 6 heteroatoms. The van der Waals surface area contributed by atoms with E-state index in [9.17, 15) is 13.6 Å². The molecular weight excluding hydrogens is 314 g/mol. The molecule has 0 aromatic heterocycles. The summed E-state index contributed by atoms with van der Waals surface area (Å²) in [7, 11) is 0. The molecule has 0 spiro atoms. The van der Waals surface area contributed by atoms with Crippen LogP contribution in [-0.4, -0.2) is 25.6 Å². The maximum atomic E-state index is 12.2. The summed E-state index contributed by atoms with van der Waals surface area (Å²) in [5, 5.41) is 2.77. The second-order valence-electron chi connectivity index (χ2n) is 5.08. The third-order valence-electron chi connectivity index (χ3n) is 3.60. The molecule has 0 fully saturated rings. The van der Waals surface area contributed by atoms with Crippen LogP contribution in [0.2, 0.25) is 0 Å². The Kier molecular flexibility index (Phi) is 6.12. The topological polar surface area (TPSA) is 41.6 Å². The first-order valence-corrected chi connectivity index (χ1v) is 7.74. The largest absolute Gasteiger partial charge is 0.435 e. The summed E-state index contributed by atoms with van der Waals surface area (Å²) in [6, 6.07) is 13.1. The summed E-state index contributed by atoms with van der Waals surface area (Å²) >= 11 is 0. The zero-order valence-electron chi connectivity index (χ0n) is 13.6. The Bertz CT molecular complexity index is 654. The molecule has 0 bridgehead atoms. The van der Waals surface area contributed by atoms with E-state index in [2.05, 4.69) is 28.8 Å². The molecule has 0 heterocycles. The van der Waals surface area contributed by atoms with Crippen LogP contribution < -0.4 is 15.0 Å². The molecule has 24 heavy (non-hydrogen) atoms. The predicted octanol–water partition coefficient (Wildman–Crippen LogP) is 4.39. The molecule has 128 valence electrons. The minimum atomic E-state index is -2.88. The van der Waals surface area contributed by atoms with Crippen molar-refractivity contribution in [1.82, 2.24) is 0 Å². The van der Waals surface area contributed by atoms with Crippen molar-refractivity contribution in [3.63, 3.8) is 0 Å². The Morgan fingerprint density at radius 3 is 2.12 bits per heavy atom. The smallest absolute Gasteiger partial charge is 0.387 e. The van der Waals surface area contributed by atoms with Gasteiger partial charge in [-0.3, -0.25) is 4.79 Å². The molecule has 0 aliphatic heterocycles. The van der Waals surface area contributed by atoms with Crippen molar-refractivity contribution >= 4 is 17.3 Å². The summed E-state index contributed by atoms with van der Waals surface area (Å²) in [4.78, 5) is 14.4. The molecule has 0 unspecified atom stereocenters. The van der Waals surface area contributed by atoms with Crippen molar-refractivity contribution in [3.8, 4) is 5.75 Å². The minimum Gasteiger partial charge on any atom is -0.435 e. The summed E-state index contributed by atoms with van der Waals surface area (Å²) in [5.74, 6) is -0.292. The van der Waals surface area contributed by atoms with Crippen molar-refractivity contribution in [2.75, 3.05) is 23.3 Å². The van der Waals surface area contributed by atoms with Gasteiger partial charge >= 0.3 is 6.61 Å². The number of nitrogens with one attached hydrogen (secondary N) is 1. The number of anilines is 2. The average Bonchev–Trinajstić information content (AvgIpc) is 2.57. The van der Waals surface area contributed by atoms with Crippen LogP contribution in [0.1, 0.15) is 24.2 Å². The van der Waals surface area contributed by atoms with Gasteiger partial charge in [0.2, 0.25) is 0 Å². The number of halogens is 2. The zero-order chi connectivity index (χ0) is 17.5. The predicted molar refractivity (Wildman–Crippen MR) is 91.0 cm³/mol. The van der Waals surface area contributed by atoms with Gasteiger partial charge < -0.3 is 15.0 Å². The van der Waals surface area contributed by atoms with Gasteiger partial charge in [0.05, 0.1) is 0 Å². The quantitative estimate of drug-likeness (QED) is 0.817. The lowest BCUT2D eigenvalue weighted by molar-refractivity contribution is -0.0498. The zero-order valence-corrected chi connectivity index (χ0v) is 13.6. The molecule has 0 aliphatic rings. The van der Waals surface area contributed by atoms with Crippen LogP contribution in [0.25, 0.3) is 0 Å². The van der Waals surface area contributed by atoms with Crippen LogP contribution in [0.15, 0.2) is 48.5 Å². The van der Waals surface area contributed by atoms with Crippen LogP contribution in [0.4, 0.5) is 20.2 Å². The fourth-order valence-corrected chi connectivity index (χ4v) is 2.34. The highest BCUT2D eigenvalue weighted by atomic mass is 19.3. The van der Waals surface area contributed by atoms with Crippen LogP contribution in [0.5, 0.6) is 5.75 Å². The van der Waals surface area contributed by atoms with Crippen molar-refractivity contribution in [3.05, 3.63) is 54.1 Å². The number of hydrogen-bond donors (Lipinski definition) is 1. The number of hydrogen-bond acceptors (Lipinski definition) is 3. The molecule has 4 nitrogen and oxygen atoms in total. The number of alkyl halides is 2. The number of benzene rings is 2. The van der Waals surface area contributed by atoms with Crippen LogP contribution >= 0.6 is 0 Å². The molecule has 0 saturated heterocycles. The maximum Gasteiger partial charge on any atom is 0.387 e. The highest BCUT2D eigenvalue weighted by molar-refractivity contribution is 6.04. The first-order chi connectivity index (χ1) is 11.5. The molecule has 0 atom stereocenters. The monoisotopic (exact) mass is 334 g/mol. The number of carbonyl (C=O) groups is 1. The molecule has 0 saturated carbocycles. The lowest BCUT2D eigenvalue weighted by Crippen LogP contribution is -2.21. The van der Waals surface area contributed by atoms with Gasteiger partial charge in [-0.25, -0.2) is 0 Å². The summed E-state index contributed by atoms with van der Waals surface area (Å²) in [5.41, 5.74) is 2.12. The Labute approximate surface area is 140 Å². The second kappa shape index (κ2) is 8.29. The normalized spacial score (nSPS) is 10.5. The van der Waals surface area contributed by atoms with Gasteiger partial charge in [-0.05, 0) is 62.4 Å². The Morgan fingerprint density at radius 1 is 1.04 bits per heavy atom. The molecule has 0 radical (unpaired) electrons. The van der Waals surface area contributed by atoms with Crippen molar-refractivity contribution < 1.29 is 18.3 Å². The first kappa shape index (κ1) is 17.7. The molecule has 1 amide bonds. The molecular formula is C18H20F2N2O2. The average molecular weight is 334 g/mol. The van der Waals surface area contributed by atoms with Crippen molar-refractivity contribution in [1.29, 1.82) is 0 Å². The van der Waals surface area contributed by atoms with Gasteiger partial charge in [-0.1, -0.05) is 0 Å². The lowest BCUT2D eigenvalue weighted by atomic mass is 10.2. The van der Waals surface area contributed by atoms with E-state index in [-0.39, 0.29) is 11.7 Å². The SMILES string of the molecule is CCN(CC)c1ccc(NC(=O)c2ccc(OC(F)F)cc2)cc1. The fourth-order valence-electron chi connectivity index (χ4n) is 2.34. The van der Waals surface area contributed by atoms with E-state index in [0.717, 1.165) is 18.8 Å². The third kappa shape index (κ3) is 4.68. The number of carbonyl (C=O) groups excluding carboxylic acids is 1. The van der Waals surface area contributed by atoms with E-state index in [1.165, 1.54) is 24.3 Å². The van der Waals surface area contributed by atoms with Gasteiger partial charge in [-0.2, -0.15) is 8.78 Å². The minimum absolute atomic E-state index is 0.0186. The van der Waals surface area contributed by atoms with E-state index in [1.807, 2.05) is 24.3 Å². The Hall–Kier alpha value is -2.63. The van der Waals surface area contributed by atoms with Gasteiger partial charge in [0.15, 0.2) is 0 Å². The number of nitrogens with zero attached hydrogens (tertiary/aromatic N) is 1. The molecule has 2 rings (SSSR count). The summed E-state index contributed by atoms with van der Waals surface area (Å²) in [6.07, 6.45) is 0. The number of rotatable bonds is 7. The van der Waals surface area contributed by atoms with Crippen LogP contribution in [0.3, 0.4) is 0 Å². The highest BCUT2D eigenvalue weighted by Gasteiger charge is 2.09. The van der Waals surface area contributed by atoms with Gasteiger partial charge in [0, 0.05) is 30.0 Å². The lowest BCUT2D eigenvalue weighted by Gasteiger charge is -2.21. The fraction of sp³-hybridized carbons (Fsp3) is 0.278. The number of ether oxygens (including phenoxy) is 1. The maximum absolute atomic E-state index is 12.2. The summed E-state index contributed by atoms with van der Waals surface area (Å²) < 4.78 is 28.5. The highest BCUT2D eigenvalue weighted by Crippen LogP contribution is 2.19. The van der Waals surface area contributed by atoms with Crippen molar-refractivity contribution in [2.24, 2.45) is 0 Å². The first-order valence-electron chi connectivity index (χ1n) is 7.74. The molecule has 1 N–H and O–H groups in total. The van der Waals surface area contributed by atoms with Gasteiger partial charge in [-0.15, -0.1) is 0 Å². The summed E-state index contributed by atoms with van der Waals surface area (Å²) in [6.45, 7) is 3.11. The second-order valence-corrected chi connectivity index (χ2v) is 5.08. The molecule has 2 aromatic rings. The van der Waals surface area contributed by atoms with Crippen LogP contribution in [-0.2, 0) is 0 Å². The van der Waals surface area contributed by atoms with Crippen molar-refractivity contribution in [2.45, 2.75) is 20.5 Å². The van der Waals surface area contributed by atoms with Gasteiger partial charge in [0.25, 0.3) is 5.91 Å². The molecule has 0 aliphatic carbocycles. The molecule has 2 aromatic carbocycles. The Morgan fingerprint density at radius 2 is 1.62 bits per heavy atom.